The van der Waals surface area contributed by atoms with Crippen LogP contribution >= 0.6 is 0 Å². The molecule has 2 aromatic rings. The molecule has 1 aromatic carbocycles. The van der Waals surface area contributed by atoms with Crippen molar-refractivity contribution in [1.29, 1.82) is 0 Å². The lowest BCUT2D eigenvalue weighted by atomic mass is 10.1. The van der Waals surface area contributed by atoms with Crippen LogP contribution in [-0.4, -0.2) is 29.0 Å². The lowest BCUT2D eigenvalue weighted by Crippen LogP contribution is -2.46. The molecule has 2 unspecified atom stereocenters. The number of hydrogen-bond donors (Lipinski definition) is 3. The van der Waals surface area contributed by atoms with Crippen molar-refractivity contribution in [2.75, 3.05) is 0 Å². The SMILES string of the molecule is CC1NNC(C)C1NC(=O)c1cccc(Oc2ccncc2)c1. The number of hydrazine groups is 1. The van der Waals surface area contributed by atoms with Crippen molar-refractivity contribution in [2.45, 2.75) is 32.0 Å². The Kier molecular flexibility index (Phi) is 4.55. The van der Waals surface area contributed by atoms with E-state index in [2.05, 4.69) is 21.2 Å². The molecule has 0 aliphatic carbocycles. The molecule has 1 aliphatic heterocycles. The third kappa shape index (κ3) is 3.67. The number of pyridine rings is 1. The molecule has 3 rings (SSSR count). The molecule has 0 radical (unpaired) electrons. The van der Waals surface area contributed by atoms with Gasteiger partial charge in [-0.15, -0.1) is 0 Å². The van der Waals surface area contributed by atoms with Gasteiger partial charge in [-0.25, -0.2) is 0 Å². The summed E-state index contributed by atoms with van der Waals surface area (Å²) in [7, 11) is 0. The first-order chi connectivity index (χ1) is 11.1. The Morgan fingerprint density at radius 2 is 1.78 bits per heavy atom. The second kappa shape index (κ2) is 6.76. The summed E-state index contributed by atoms with van der Waals surface area (Å²) in [6.45, 7) is 4.06. The van der Waals surface area contributed by atoms with E-state index in [-0.39, 0.29) is 24.0 Å². The molecule has 2 heterocycles. The Bertz CT molecular complexity index is 667. The number of amides is 1. The van der Waals surface area contributed by atoms with E-state index in [1.165, 1.54) is 0 Å². The highest BCUT2D eigenvalue weighted by atomic mass is 16.5. The molecule has 1 aromatic heterocycles. The van der Waals surface area contributed by atoms with Crippen LogP contribution in [0.25, 0.3) is 0 Å². The Morgan fingerprint density at radius 3 is 2.48 bits per heavy atom. The predicted molar refractivity (Wildman–Crippen MR) is 87.2 cm³/mol. The summed E-state index contributed by atoms with van der Waals surface area (Å²) in [6, 6.07) is 11.1. The molecule has 0 spiro atoms. The molecule has 6 heteroatoms. The van der Waals surface area contributed by atoms with Crippen molar-refractivity contribution in [3.8, 4) is 11.5 Å². The first-order valence-electron chi connectivity index (χ1n) is 7.63. The van der Waals surface area contributed by atoms with Gasteiger partial charge in [-0.05, 0) is 44.2 Å². The number of carbonyl (C=O) groups is 1. The van der Waals surface area contributed by atoms with Gasteiger partial charge in [0.2, 0.25) is 0 Å². The highest BCUT2D eigenvalue weighted by Crippen LogP contribution is 2.21. The third-order valence-corrected chi connectivity index (χ3v) is 3.90. The maximum atomic E-state index is 12.5. The van der Waals surface area contributed by atoms with Crippen LogP contribution in [0, 0.1) is 0 Å². The summed E-state index contributed by atoms with van der Waals surface area (Å²) >= 11 is 0. The smallest absolute Gasteiger partial charge is 0.251 e. The average Bonchev–Trinajstić information content (AvgIpc) is 2.88. The predicted octanol–water partition coefficient (Wildman–Crippen LogP) is 1.86. The molecule has 1 aliphatic rings. The van der Waals surface area contributed by atoms with E-state index in [0.717, 1.165) is 0 Å². The van der Waals surface area contributed by atoms with Gasteiger partial charge in [-0.1, -0.05) is 6.07 Å². The van der Waals surface area contributed by atoms with E-state index in [1.54, 1.807) is 36.7 Å². The van der Waals surface area contributed by atoms with Gasteiger partial charge in [-0.2, -0.15) is 0 Å². The fraction of sp³-hybridized carbons (Fsp3) is 0.294. The van der Waals surface area contributed by atoms with Crippen molar-refractivity contribution >= 4 is 5.91 Å². The maximum absolute atomic E-state index is 12.5. The van der Waals surface area contributed by atoms with Gasteiger partial charge >= 0.3 is 0 Å². The highest BCUT2D eigenvalue weighted by molar-refractivity contribution is 5.94. The first kappa shape index (κ1) is 15.5. The van der Waals surface area contributed by atoms with Gasteiger partial charge < -0.3 is 10.1 Å². The molecular formula is C17H20N4O2. The second-order valence-corrected chi connectivity index (χ2v) is 5.68. The summed E-state index contributed by atoms with van der Waals surface area (Å²) in [4.78, 5) is 16.4. The van der Waals surface area contributed by atoms with Crippen LogP contribution in [0.15, 0.2) is 48.8 Å². The number of hydrogen-bond acceptors (Lipinski definition) is 5. The van der Waals surface area contributed by atoms with Gasteiger partial charge in [0.15, 0.2) is 0 Å². The van der Waals surface area contributed by atoms with Crippen LogP contribution in [0.2, 0.25) is 0 Å². The van der Waals surface area contributed by atoms with Crippen LogP contribution in [0.5, 0.6) is 11.5 Å². The molecule has 1 fully saturated rings. The number of aromatic nitrogens is 1. The summed E-state index contributed by atoms with van der Waals surface area (Å²) < 4.78 is 5.74. The fourth-order valence-electron chi connectivity index (χ4n) is 2.60. The molecular weight excluding hydrogens is 292 g/mol. The quantitative estimate of drug-likeness (QED) is 0.803. The summed E-state index contributed by atoms with van der Waals surface area (Å²) in [5.74, 6) is 1.19. The Hall–Kier alpha value is -2.44. The molecule has 1 amide bonds. The van der Waals surface area contributed by atoms with Crippen molar-refractivity contribution in [3.63, 3.8) is 0 Å². The van der Waals surface area contributed by atoms with Gasteiger partial charge in [-0.3, -0.25) is 20.6 Å². The fourth-order valence-corrected chi connectivity index (χ4v) is 2.60. The van der Waals surface area contributed by atoms with E-state index in [9.17, 15) is 4.79 Å². The van der Waals surface area contributed by atoms with E-state index in [0.29, 0.717) is 17.1 Å². The monoisotopic (exact) mass is 312 g/mol. The number of nitrogens with zero attached hydrogens (tertiary/aromatic N) is 1. The van der Waals surface area contributed by atoms with E-state index >= 15 is 0 Å². The standard InChI is InChI=1S/C17H20N4O2/c1-11-16(12(2)21-20-11)19-17(22)13-4-3-5-15(10-13)23-14-6-8-18-9-7-14/h3-12,16,20-21H,1-2H3,(H,19,22). The van der Waals surface area contributed by atoms with Gasteiger partial charge in [0, 0.05) is 30.0 Å². The third-order valence-electron chi connectivity index (χ3n) is 3.90. The number of ether oxygens (including phenoxy) is 1. The first-order valence-corrected chi connectivity index (χ1v) is 7.63. The normalized spacial score (nSPS) is 23.5. The highest BCUT2D eigenvalue weighted by Gasteiger charge is 2.31. The zero-order chi connectivity index (χ0) is 16.2. The van der Waals surface area contributed by atoms with E-state index in [1.807, 2.05) is 26.0 Å². The number of rotatable bonds is 4. The Labute approximate surface area is 135 Å². The molecule has 6 nitrogen and oxygen atoms in total. The molecule has 23 heavy (non-hydrogen) atoms. The summed E-state index contributed by atoms with van der Waals surface area (Å²) in [5, 5.41) is 3.06. The van der Waals surface area contributed by atoms with Gasteiger partial charge in [0.05, 0.1) is 6.04 Å². The molecule has 0 saturated carbocycles. The van der Waals surface area contributed by atoms with Crippen molar-refractivity contribution < 1.29 is 9.53 Å². The molecule has 0 bridgehead atoms. The minimum atomic E-state index is -0.112. The number of nitrogens with one attached hydrogen (secondary N) is 3. The molecule has 3 N–H and O–H groups in total. The van der Waals surface area contributed by atoms with Crippen LogP contribution in [-0.2, 0) is 0 Å². The van der Waals surface area contributed by atoms with Gasteiger partial charge in [0.1, 0.15) is 11.5 Å². The molecule has 120 valence electrons. The van der Waals surface area contributed by atoms with Crippen molar-refractivity contribution in [1.82, 2.24) is 21.2 Å². The Balaban J connectivity index is 1.70. The summed E-state index contributed by atoms with van der Waals surface area (Å²) in [6.07, 6.45) is 3.32. The van der Waals surface area contributed by atoms with E-state index in [4.69, 9.17) is 4.74 Å². The van der Waals surface area contributed by atoms with Crippen LogP contribution in [0.1, 0.15) is 24.2 Å². The van der Waals surface area contributed by atoms with Crippen LogP contribution in [0.3, 0.4) is 0 Å². The van der Waals surface area contributed by atoms with Crippen LogP contribution < -0.4 is 20.9 Å². The lowest BCUT2D eigenvalue weighted by Gasteiger charge is -2.19. The zero-order valence-corrected chi connectivity index (χ0v) is 13.1. The Morgan fingerprint density at radius 1 is 1.09 bits per heavy atom. The van der Waals surface area contributed by atoms with Crippen molar-refractivity contribution in [3.05, 3.63) is 54.4 Å². The number of carbonyl (C=O) groups excluding carboxylic acids is 1. The molecule has 2 atom stereocenters. The maximum Gasteiger partial charge on any atom is 0.251 e. The largest absolute Gasteiger partial charge is 0.457 e. The number of benzene rings is 1. The lowest BCUT2D eigenvalue weighted by molar-refractivity contribution is 0.0931. The minimum Gasteiger partial charge on any atom is -0.457 e. The second-order valence-electron chi connectivity index (χ2n) is 5.68. The zero-order valence-electron chi connectivity index (χ0n) is 13.1. The average molecular weight is 312 g/mol. The van der Waals surface area contributed by atoms with Gasteiger partial charge in [0.25, 0.3) is 5.91 Å². The molecule has 1 saturated heterocycles. The topological polar surface area (TPSA) is 75.3 Å². The van der Waals surface area contributed by atoms with E-state index < -0.39 is 0 Å². The summed E-state index contributed by atoms with van der Waals surface area (Å²) in [5.41, 5.74) is 6.82. The van der Waals surface area contributed by atoms with Crippen LogP contribution in [0.4, 0.5) is 0 Å². The van der Waals surface area contributed by atoms with Crippen molar-refractivity contribution in [2.24, 2.45) is 0 Å². The minimum absolute atomic E-state index is 0.0345.